The lowest BCUT2D eigenvalue weighted by Crippen LogP contribution is -2.16. The zero-order valence-corrected chi connectivity index (χ0v) is 16.6. The van der Waals surface area contributed by atoms with Gasteiger partial charge < -0.3 is 9.15 Å². The predicted molar refractivity (Wildman–Crippen MR) is 104 cm³/mol. The van der Waals surface area contributed by atoms with Crippen LogP contribution in [0.1, 0.15) is 21.7 Å². The summed E-state index contributed by atoms with van der Waals surface area (Å²) in [6.45, 7) is 1.94. The lowest BCUT2D eigenvalue weighted by Gasteiger charge is -2.04. The molecule has 3 aromatic rings. The largest absolute Gasteiger partial charge is 0.496 e. The number of fused-ring (bicyclic) bond motifs is 1. The normalized spacial score (nSPS) is 11.2. The predicted octanol–water partition coefficient (Wildman–Crippen LogP) is 5.04. The van der Waals surface area contributed by atoms with Crippen molar-refractivity contribution in [1.82, 2.24) is 5.43 Å². The second kappa shape index (κ2) is 7.41. The van der Waals surface area contributed by atoms with Crippen LogP contribution in [0.3, 0.4) is 0 Å². The van der Waals surface area contributed by atoms with Gasteiger partial charge in [0.15, 0.2) is 5.76 Å². The van der Waals surface area contributed by atoms with Gasteiger partial charge in [-0.05, 0) is 70.4 Å². The van der Waals surface area contributed by atoms with Gasteiger partial charge in [-0.15, -0.1) is 0 Å². The number of hydrogen-bond acceptors (Lipinski definition) is 4. The van der Waals surface area contributed by atoms with E-state index in [1.165, 1.54) is 0 Å². The Bertz CT molecular complexity index is 980. The summed E-state index contributed by atoms with van der Waals surface area (Å²) in [6, 6.07) is 11.0. The van der Waals surface area contributed by atoms with Crippen molar-refractivity contribution >= 4 is 55.0 Å². The maximum Gasteiger partial charge on any atom is 0.307 e. The number of methoxy groups -OCH3 is 1. The smallest absolute Gasteiger partial charge is 0.307 e. The van der Waals surface area contributed by atoms with Crippen molar-refractivity contribution in [2.24, 2.45) is 5.10 Å². The number of benzene rings is 2. The van der Waals surface area contributed by atoms with Crippen LogP contribution in [0.4, 0.5) is 0 Å². The SMILES string of the molecule is COc1ccc(/C=N\NC(=O)c2cc3cc(Br)cc(Br)c3o2)cc1C. The molecule has 0 saturated carbocycles. The number of carbonyl (C=O) groups excluding carboxylic acids is 1. The average molecular weight is 466 g/mol. The van der Waals surface area contributed by atoms with E-state index in [9.17, 15) is 4.79 Å². The van der Waals surface area contributed by atoms with Crippen molar-refractivity contribution in [3.63, 3.8) is 0 Å². The van der Waals surface area contributed by atoms with E-state index in [2.05, 4.69) is 42.4 Å². The number of nitrogens with one attached hydrogen (secondary N) is 1. The first kappa shape index (κ1) is 17.7. The third kappa shape index (κ3) is 3.93. The van der Waals surface area contributed by atoms with E-state index < -0.39 is 5.91 Å². The Kier molecular flexibility index (Phi) is 5.24. The van der Waals surface area contributed by atoms with E-state index in [4.69, 9.17) is 9.15 Å². The van der Waals surface area contributed by atoms with Crippen molar-refractivity contribution in [2.45, 2.75) is 6.92 Å². The van der Waals surface area contributed by atoms with Crippen molar-refractivity contribution in [1.29, 1.82) is 0 Å². The van der Waals surface area contributed by atoms with Crippen molar-refractivity contribution < 1.29 is 13.9 Å². The van der Waals surface area contributed by atoms with E-state index in [0.29, 0.717) is 5.58 Å². The number of halogens is 2. The Morgan fingerprint density at radius 3 is 2.76 bits per heavy atom. The highest BCUT2D eigenvalue weighted by atomic mass is 79.9. The number of ether oxygens (including phenoxy) is 1. The van der Waals surface area contributed by atoms with Gasteiger partial charge in [0.05, 0.1) is 17.8 Å². The topological polar surface area (TPSA) is 63.8 Å². The fraction of sp³-hybridized carbons (Fsp3) is 0.111. The number of furan rings is 1. The highest BCUT2D eigenvalue weighted by molar-refractivity contribution is 9.11. The molecule has 25 heavy (non-hydrogen) atoms. The van der Waals surface area contributed by atoms with Crippen LogP contribution in [0.2, 0.25) is 0 Å². The van der Waals surface area contributed by atoms with Gasteiger partial charge in [0, 0.05) is 9.86 Å². The lowest BCUT2D eigenvalue weighted by atomic mass is 10.1. The van der Waals surface area contributed by atoms with Gasteiger partial charge in [-0.25, -0.2) is 5.43 Å². The van der Waals surface area contributed by atoms with Crippen LogP contribution in [0, 0.1) is 6.92 Å². The Balaban J connectivity index is 1.74. The highest BCUT2D eigenvalue weighted by Crippen LogP contribution is 2.30. The average Bonchev–Trinajstić information content (AvgIpc) is 2.99. The maximum atomic E-state index is 12.2. The minimum Gasteiger partial charge on any atom is -0.496 e. The van der Waals surface area contributed by atoms with Gasteiger partial charge in [-0.3, -0.25) is 4.79 Å². The van der Waals surface area contributed by atoms with Crippen molar-refractivity contribution in [3.05, 3.63) is 62.2 Å². The van der Waals surface area contributed by atoms with Crippen LogP contribution in [0.25, 0.3) is 11.0 Å². The van der Waals surface area contributed by atoms with Crippen molar-refractivity contribution in [3.8, 4) is 5.75 Å². The number of aryl methyl sites for hydroxylation is 1. The Morgan fingerprint density at radius 1 is 1.24 bits per heavy atom. The summed E-state index contributed by atoms with van der Waals surface area (Å²) in [5, 5.41) is 4.80. The molecule has 1 N–H and O–H groups in total. The van der Waals surface area contributed by atoms with E-state index in [0.717, 1.165) is 31.2 Å². The lowest BCUT2D eigenvalue weighted by molar-refractivity contribution is 0.0929. The molecule has 0 unspecified atom stereocenters. The van der Waals surface area contributed by atoms with Crippen LogP contribution < -0.4 is 10.2 Å². The first-order chi connectivity index (χ1) is 12.0. The molecule has 5 nitrogen and oxygen atoms in total. The Labute approximate surface area is 161 Å². The highest BCUT2D eigenvalue weighted by Gasteiger charge is 2.14. The molecule has 0 spiro atoms. The number of amides is 1. The summed E-state index contributed by atoms with van der Waals surface area (Å²) < 4.78 is 12.5. The minimum absolute atomic E-state index is 0.192. The molecule has 0 atom stereocenters. The van der Waals surface area contributed by atoms with Crippen LogP contribution in [-0.2, 0) is 0 Å². The van der Waals surface area contributed by atoms with Crippen LogP contribution in [0.5, 0.6) is 5.75 Å². The van der Waals surface area contributed by atoms with Gasteiger partial charge in [0.1, 0.15) is 11.3 Å². The summed E-state index contributed by atoms with van der Waals surface area (Å²) >= 11 is 6.83. The van der Waals surface area contributed by atoms with Crippen LogP contribution in [-0.4, -0.2) is 19.2 Å². The van der Waals surface area contributed by atoms with Gasteiger partial charge in [0.2, 0.25) is 0 Å². The van der Waals surface area contributed by atoms with Crippen LogP contribution >= 0.6 is 31.9 Å². The molecular formula is C18H14Br2N2O3. The van der Waals surface area contributed by atoms with E-state index in [-0.39, 0.29) is 5.76 Å². The first-order valence-electron chi connectivity index (χ1n) is 7.34. The quantitative estimate of drug-likeness (QED) is 0.433. The molecule has 1 heterocycles. The van der Waals surface area contributed by atoms with E-state index in [1.807, 2.05) is 37.3 Å². The second-order valence-corrected chi connectivity index (χ2v) is 7.11. The van der Waals surface area contributed by atoms with Gasteiger partial charge >= 0.3 is 5.91 Å². The van der Waals surface area contributed by atoms with E-state index in [1.54, 1.807) is 19.4 Å². The molecule has 7 heteroatoms. The molecule has 0 aliphatic heterocycles. The molecule has 0 bridgehead atoms. The summed E-state index contributed by atoms with van der Waals surface area (Å²) in [7, 11) is 1.63. The molecule has 1 aromatic heterocycles. The summed E-state index contributed by atoms with van der Waals surface area (Å²) in [5.41, 5.74) is 4.93. The number of hydrogen-bond donors (Lipinski definition) is 1. The molecule has 0 fully saturated rings. The molecule has 0 aliphatic rings. The zero-order chi connectivity index (χ0) is 18.0. The molecule has 0 saturated heterocycles. The number of hydrazone groups is 1. The summed E-state index contributed by atoms with van der Waals surface area (Å²) in [4.78, 5) is 12.2. The minimum atomic E-state index is -0.416. The second-order valence-electron chi connectivity index (χ2n) is 5.34. The first-order valence-corrected chi connectivity index (χ1v) is 8.93. The number of carbonyl (C=O) groups is 1. The molecule has 0 aliphatic carbocycles. The third-order valence-electron chi connectivity index (χ3n) is 3.56. The summed E-state index contributed by atoms with van der Waals surface area (Å²) in [5.74, 6) is 0.581. The fourth-order valence-corrected chi connectivity index (χ4v) is 3.73. The number of rotatable bonds is 4. The molecule has 1 amide bonds. The fourth-order valence-electron chi connectivity index (χ4n) is 2.39. The Morgan fingerprint density at radius 2 is 2.04 bits per heavy atom. The van der Waals surface area contributed by atoms with Gasteiger partial charge in [0.25, 0.3) is 0 Å². The van der Waals surface area contributed by atoms with Crippen molar-refractivity contribution in [2.75, 3.05) is 7.11 Å². The summed E-state index contributed by atoms with van der Waals surface area (Å²) in [6.07, 6.45) is 1.57. The monoisotopic (exact) mass is 464 g/mol. The van der Waals surface area contributed by atoms with Gasteiger partial charge in [-0.2, -0.15) is 5.10 Å². The molecule has 0 radical (unpaired) electrons. The van der Waals surface area contributed by atoms with Crippen LogP contribution in [0.15, 0.2) is 54.9 Å². The number of nitrogens with zero attached hydrogens (tertiary/aromatic N) is 1. The maximum absolute atomic E-state index is 12.2. The Hall–Kier alpha value is -2.12. The molecule has 3 rings (SSSR count). The van der Waals surface area contributed by atoms with E-state index >= 15 is 0 Å². The zero-order valence-electron chi connectivity index (χ0n) is 13.5. The molecule has 2 aromatic carbocycles. The third-order valence-corrected chi connectivity index (χ3v) is 4.61. The molecular weight excluding hydrogens is 452 g/mol. The molecule has 128 valence electrons. The van der Waals surface area contributed by atoms with Gasteiger partial charge in [-0.1, -0.05) is 15.9 Å². The standard InChI is InChI=1S/C18H14Br2N2O3/c1-10-5-11(3-4-15(10)24-2)9-21-22-18(23)16-7-12-6-13(19)8-14(20)17(12)25-16/h3-9H,1-2H3,(H,22,23)/b21-9-.